The molecule has 0 aliphatic rings. The zero-order valence-corrected chi connectivity index (χ0v) is 3.42. The van der Waals surface area contributed by atoms with E-state index in [1.807, 2.05) is 0 Å². The number of aromatic nitrogens is 3. The van der Waals surface area contributed by atoms with E-state index >= 15 is 0 Å². The summed E-state index contributed by atoms with van der Waals surface area (Å²) in [5.41, 5.74) is 0. The van der Waals surface area contributed by atoms with Crippen molar-refractivity contribution >= 4 is 0 Å². The van der Waals surface area contributed by atoms with Gasteiger partial charge in [-0.1, -0.05) is 0 Å². The van der Waals surface area contributed by atoms with Crippen LogP contribution in [0, 0.1) is 6.20 Å². The zero-order valence-electron chi connectivity index (χ0n) is 3.42. The topological polar surface area (TPSA) is 30.7 Å². The largest absolute Gasteiger partial charge is 0.187 e. The zero-order chi connectivity index (χ0) is 4.41. The molecule has 0 unspecified atom stereocenters. The monoisotopic (exact) mass is 82.0 g/mol. The molecule has 3 nitrogen and oxygen atoms in total. The third-order valence-corrected chi connectivity index (χ3v) is 0.485. The van der Waals surface area contributed by atoms with Crippen molar-refractivity contribution in [3.8, 4) is 0 Å². The van der Waals surface area contributed by atoms with E-state index in [9.17, 15) is 0 Å². The summed E-state index contributed by atoms with van der Waals surface area (Å²) in [6.07, 6.45) is 4.05. The minimum Gasteiger partial charge on any atom is -0.187 e. The van der Waals surface area contributed by atoms with E-state index < -0.39 is 0 Å². The average Bonchev–Trinajstić information content (AvgIpc) is 1.86. The van der Waals surface area contributed by atoms with Gasteiger partial charge in [0.1, 0.15) is 6.20 Å². The van der Waals surface area contributed by atoms with Crippen molar-refractivity contribution in [3.05, 3.63) is 12.4 Å². The van der Waals surface area contributed by atoms with Crippen molar-refractivity contribution in [3.63, 3.8) is 0 Å². The summed E-state index contributed by atoms with van der Waals surface area (Å²) in [7, 11) is 1.75. The second kappa shape index (κ2) is 1.08. The molecule has 0 aliphatic carbocycles. The van der Waals surface area contributed by atoms with Gasteiger partial charge in [0.05, 0.1) is 6.20 Å². The van der Waals surface area contributed by atoms with E-state index in [4.69, 9.17) is 0 Å². The van der Waals surface area contributed by atoms with Gasteiger partial charge in [-0.2, -0.15) is 15.0 Å². The lowest BCUT2D eigenvalue weighted by molar-refractivity contribution is 0.653. The van der Waals surface area contributed by atoms with Crippen molar-refractivity contribution in [2.75, 3.05) is 0 Å². The predicted molar refractivity (Wildman–Crippen MR) is 19.8 cm³/mol. The van der Waals surface area contributed by atoms with Gasteiger partial charge in [0.25, 0.3) is 0 Å². The third kappa shape index (κ3) is 0.381. The van der Waals surface area contributed by atoms with Gasteiger partial charge in [0, 0.05) is 7.05 Å². The number of rotatable bonds is 0. The summed E-state index contributed by atoms with van der Waals surface area (Å²) in [5, 5.41) is 7.26. The molecule has 0 N–H and O–H groups in total. The van der Waals surface area contributed by atoms with Crippen LogP contribution in [0.3, 0.4) is 0 Å². The van der Waals surface area contributed by atoms with Crippen LogP contribution in [0.2, 0.25) is 0 Å². The van der Waals surface area contributed by atoms with Gasteiger partial charge in [-0.3, -0.25) is 0 Å². The van der Waals surface area contributed by atoms with Crippen LogP contribution >= 0.6 is 0 Å². The second-order valence-electron chi connectivity index (χ2n) is 0.963. The Morgan fingerprint density at radius 3 is 2.83 bits per heavy atom. The summed E-state index contributed by atoms with van der Waals surface area (Å²) in [6, 6.07) is 0. The molecule has 0 atom stereocenters. The lowest BCUT2D eigenvalue weighted by Crippen LogP contribution is -1.89. The van der Waals surface area contributed by atoms with Crippen molar-refractivity contribution in [2.45, 2.75) is 0 Å². The highest BCUT2D eigenvalue weighted by Crippen LogP contribution is 1.62. The molecule has 1 radical (unpaired) electrons. The Morgan fingerprint density at radius 2 is 2.67 bits per heavy atom. The van der Waals surface area contributed by atoms with Crippen LogP contribution in [0.4, 0.5) is 0 Å². The van der Waals surface area contributed by atoms with Crippen molar-refractivity contribution in [1.82, 2.24) is 15.0 Å². The normalized spacial score (nSPS) is 8.83. The van der Waals surface area contributed by atoms with Crippen LogP contribution < -0.4 is 0 Å². The number of nitrogens with zero attached hydrogens (tertiary/aromatic N) is 3. The molecule has 0 fully saturated rings. The molecule has 1 heterocycles. The van der Waals surface area contributed by atoms with Crippen LogP contribution in [0.15, 0.2) is 6.20 Å². The lowest BCUT2D eigenvalue weighted by atomic mass is 11.0. The smallest absolute Gasteiger partial charge is 0.134 e. The van der Waals surface area contributed by atoms with Crippen LogP contribution in [-0.2, 0) is 7.05 Å². The molecule has 0 spiro atoms. The quantitative estimate of drug-likeness (QED) is 0.427. The molecular formula is C3H4N3. The van der Waals surface area contributed by atoms with Gasteiger partial charge >= 0.3 is 0 Å². The fraction of sp³-hybridized carbons (Fsp3) is 0.333. The maximum atomic E-state index is 3.67. The van der Waals surface area contributed by atoms with E-state index in [2.05, 4.69) is 16.4 Å². The Balaban J connectivity index is 3.05. The van der Waals surface area contributed by atoms with E-state index in [0.29, 0.717) is 0 Å². The van der Waals surface area contributed by atoms with E-state index in [1.54, 1.807) is 7.05 Å². The molecule has 0 bridgehead atoms. The molecule has 31 valence electrons. The number of aryl methyl sites for hydroxylation is 1. The first-order valence-electron chi connectivity index (χ1n) is 1.62. The van der Waals surface area contributed by atoms with Gasteiger partial charge in [0.2, 0.25) is 0 Å². The Labute approximate surface area is 35.6 Å². The van der Waals surface area contributed by atoms with Crippen LogP contribution in [0.1, 0.15) is 0 Å². The van der Waals surface area contributed by atoms with Gasteiger partial charge < -0.3 is 0 Å². The molecule has 0 saturated heterocycles. The first-order valence-corrected chi connectivity index (χ1v) is 1.62. The highest BCUT2D eigenvalue weighted by Gasteiger charge is 1.72. The van der Waals surface area contributed by atoms with Gasteiger partial charge in [-0.05, 0) is 0 Å². The fourth-order valence-electron chi connectivity index (χ4n) is 0.245. The molecule has 0 aliphatic heterocycles. The van der Waals surface area contributed by atoms with E-state index in [0.717, 1.165) is 0 Å². The Kier molecular flexibility index (Phi) is 0.602. The van der Waals surface area contributed by atoms with Crippen molar-refractivity contribution in [1.29, 1.82) is 0 Å². The molecule has 1 aromatic heterocycles. The summed E-state index contributed by atoms with van der Waals surface area (Å²) >= 11 is 0. The minimum absolute atomic E-state index is 1.44. The first-order chi connectivity index (χ1) is 2.89. The Morgan fingerprint density at radius 1 is 1.83 bits per heavy atom. The van der Waals surface area contributed by atoms with Gasteiger partial charge in [-0.25, -0.2) is 0 Å². The van der Waals surface area contributed by atoms with E-state index in [-0.39, 0.29) is 0 Å². The summed E-state index contributed by atoms with van der Waals surface area (Å²) in [4.78, 5) is 1.44. The summed E-state index contributed by atoms with van der Waals surface area (Å²) in [6.45, 7) is 0. The molecule has 3 heteroatoms. The molecule has 1 rings (SSSR count). The number of hydrogen-bond donors (Lipinski definition) is 0. The molecule has 0 saturated carbocycles. The predicted octanol–water partition coefficient (Wildman–Crippen LogP) is -0.385. The van der Waals surface area contributed by atoms with Crippen molar-refractivity contribution < 1.29 is 0 Å². The molecule has 1 aromatic rings. The van der Waals surface area contributed by atoms with Gasteiger partial charge in [0.15, 0.2) is 0 Å². The minimum atomic E-state index is 1.44. The lowest BCUT2D eigenvalue weighted by Gasteiger charge is -1.74. The number of hydrogen-bond acceptors (Lipinski definition) is 2. The molecule has 0 aromatic carbocycles. The highest BCUT2D eigenvalue weighted by molar-refractivity contribution is 4.53. The maximum absolute atomic E-state index is 3.67. The highest BCUT2D eigenvalue weighted by atomic mass is 15.4. The van der Waals surface area contributed by atoms with E-state index in [1.165, 1.54) is 11.0 Å². The Bertz CT molecular complexity index is 110. The van der Waals surface area contributed by atoms with Crippen molar-refractivity contribution in [2.24, 2.45) is 7.05 Å². The fourth-order valence-corrected chi connectivity index (χ4v) is 0.245. The maximum Gasteiger partial charge on any atom is 0.134 e. The molecule has 0 amide bonds. The Hall–Kier alpha value is -0.860. The van der Waals surface area contributed by atoms with Crippen LogP contribution in [0.25, 0.3) is 0 Å². The summed E-state index contributed by atoms with van der Waals surface area (Å²) in [5.74, 6) is 0. The molecular weight excluding hydrogens is 78.1 g/mol. The second-order valence-corrected chi connectivity index (χ2v) is 0.963. The standard InChI is InChI=1S/C3H4N3/c1-6-4-2-3-5-6/h2H,1H3. The first kappa shape index (κ1) is 3.33. The van der Waals surface area contributed by atoms with Crippen LogP contribution in [-0.4, -0.2) is 15.0 Å². The van der Waals surface area contributed by atoms with Gasteiger partial charge in [-0.15, -0.1) is 0 Å². The SMILES string of the molecule is Cn1n[c]cn1. The molecule has 6 heavy (non-hydrogen) atoms. The third-order valence-electron chi connectivity index (χ3n) is 0.485. The average molecular weight is 82.1 g/mol. The van der Waals surface area contributed by atoms with Crippen LogP contribution in [0.5, 0.6) is 0 Å². The summed E-state index contributed by atoms with van der Waals surface area (Å²) < 4.78 is 0.